The van der Waals surface area contributed by atoms with Gasteiger partial charge in [0.25, 0.3) is 11.6 Å². The maximum atomic E-state index is 12.0. The molecule has 2 rings (SSSR count). The summed E-state index contributed by atoms with van der Waals surface area (Å²) in [5.74, 6) is -0.446. The van der Waals surface area contributed by atoms with E-state index in [4.69, 9.17) is 4.74 Å². The van der Waals surface area contributed by atoms with Crippen molar-refractivity contribution in [3.05, 3.63) is 75.8 Å². The largest absolute Gasteiger partial charge is 0.374 e. The van der Waals surface area contributed by atoms with E-state index >= 15 is 0 Å². The fraction of sp³-hybridized carbons (Fsp3) is 0.278. The standard InChI is InChI=1S/C18H20N2O4/c1-14(15-8-3-2-4-9-15)24-13-7-12-19-18(21)16-10-5-6-11-17(16)20(22)23/h2-6,8-11,14H,7,12-13H2,1H3,(H,19,21). The molecule has 6 nitrogen and oxygen atoms in total. The summed E-state index contributed by atoms with van der Waals surface area (Å²) in [6.07, 6.45) is 0.612. The van der Waals surface area contributed by atoms with E-state index in [1.807, 2.05) is 37.3 Å². The normalized spacial score (nSPS) is 11.7. The van der Waals surface area contributed by atoms with Crippen LogP contribution in [0.2, 0.25) is 0 Å². The van der Waals surface area contributed by atoms with Gasteiger partial charge in [0.05, 0.1) is 11.0 Å². The summed E-state index contributed by atoms with van der Waals surface area (Å²) in [5.41, 5.74) is 0.978. The monoisotopic (exact) mass is 328 g/mol. The Morgan fingerprint density at radius 2 is 1.83 bits per heavy atom. The summed E-state index contributed by atoms with van der Waals surface area (Å²) in [7, 11) is 0. The molecule has 0 heterocycles. The third-order valence-corrected chi connectivity index (χ3v) is 3.59. The van der Waals surface area contributed by atoms with E-state index in [1.165, 1.54) is 18.2 Å². The second kappa shape index (κ2) is 8.79. The fourth-order valence-electron chi connectivity index (χ4n) is 2.27. The van der Waals surface area contributed by atoms with Crippen molar-refractivity contribution in [3.63, 3.8) is 0 Å². The number of nitrogens with one attached hydrogen (secondary N) is 1. The number of para-hydroxylation sites is 1. The van der Waals surface area contributed by atoms with Crippen LogP contribution >= 0.6 is 0 Å². The van der Waals surface area contributed by atoms with Gasteiger partial charge in [0, 0.05) is 19.2 Å². The molecule has 0 fully saturated rings. The highest BCUT2D eigenvalue weighted by Gasteiger charge is 2.18. The lowest BCUT2D eigenvalue weighted by molar-refractivity contribution is -0.385. The SMILES string of the molecule is CC(OCCCNC(=O)c1ccccc1[N+](=O)[O-])c1ccccc1. The number of rotatable bonds is 8. The predicted octanol–water partition coefficient (Wildman–Crippen LogP) is 3.49. The maximum Gasteiger partial charge on any atom is 0.282 e. The average Bonchev–Trinajstić information content (AvgIpc) is 2.61. The molecular weight excluding hydrogens is 308 g/mol. The first-order valence-corrected chi connectivity index (χ1v) is 7.77. The Balaban J connectivity index is 1.75. The number of hydrogen-bond donors (Lipinski definition) is 1. The molecule has 0 saturated carbocycles. The van der Waals surface area contributed by atoms with Gasteiger partial charge in [0.1, 0.15) is 5.56 Å². The Morgan fingerprint density at radius 3 is 2.54 bits per heavy atom. The van der Waals surface area contributed by atoms with Crippen LogP contribution in [0.1, 0.15) is 35.4 Å². The molecule has 1 unspecified atom stereocenters. The minimum atomic E-state index is -0.556. The number of nitro benzene ring substituents is 1. The van der Waals surface area contributed by atoms with Crippen molar-refractivity contribution in [2.24, 2.45) is 0 Å². The summed E-state index contributed by atoms with van der Waals surface area (Å²) in [4.78, 5) is 22.4. The number of amides is 1. The zero-order valence-electron chi connectivity index (χ0n) is 13.5. The topological polar surface area (TPSA) is 81.5 Å². The number of benzene rings is 2. The summed E-state index contributed by atoms with van der Waals surface area (Å²) >= 11 is 0. The van der Waals surface area contributed by atoms with E-state index in [1.54, 1.807) is 6.07 Å². The number of nitrogens with zero attached hydrogens (tertiary/aromatic N) is 1. The number of nitro groups is 1. The van der Waals surface area contributed by atoms with Crippen molar-refractivity contribution < 1.29 is 14.5 Å². The van der Waals surface area contributed by atoms with Gasteiger partial charge < -0.3 is 10.1 Å². The summed E-state index contributed by atoms with van der Waals surface area (Å²) < 4.78 is 5.72. The lowest BCUT2D eigenvalue weighted by Crippen LogP contribution is -2.26. The first-order valence-electron chi connectivity index (χ1n) is 7.77. The molecule has 126 valence electrons. The average molecular weight is 328 g/mol. The van der Waals surface area contributed by atoms with E-state index in [-0.39, 0.29) is 17.4 Å². The van der Waals surface area contributed by atoms with Gasteiger partial charge in [0.15, 0.2) is 0 Å². The molecule has 2 aromatic carbocycles. The highest BCUT2D eigenvalue weighted by Crippen LogP contribution is 2.17. The van der Waals surface area contributed by atoms with Crippen molar-refractivity contribution in [3.8, 4) is 0 Å². The molecular formula is C18H20N2O4. The third-order valence-electron chi connectivity index (χ3n) is 3.59. The Morgan fingerprint density at radius 1 is 1.17 bits per heavy atom. The molecule has 0 aliphatic rings. The molecule has 0 aromatic heterocycles. The summed E-state index contributed by atoms with van der Waals surface area (Å²) in [5, 5.41) is 13.6. The van der Waals surface area contributed by atoms with Crippen LogP contribution in [0, 0.1) is 10.1 Å². The molecule has 6 heteroatoms. The zero-order valence-corrected chi connectivity index (χ0v) is 13.5. The highest BCUT2D eigenvalue weighted by molar-refractivity contribution is 5.98. The van der Waals surface area contributed by atoms with Crippen LogP contribution in [0.5, 0.6) is 0 Å². The highest BCUT2D eigenvalue weighted by atomic mass is 16.6. The first kappa shape index (κ1) is 17.6. The zero-order chi connectivity index (χ0) is 17.4. The van der Waals surface area contributed by atoms with Crippen molar-refractivity contribution in [2.75, 3.05) is 13.2 Å². The molecule has 2 aromatic rings. The molecule has 1 N–H and O–H groups in total. The van der Waals surface area contributed by atoms with Gasteiger partial charge in [-0.2, -0.15) is 0 Å². The molecule has 24 heavy (non-hydrogen) atoms. The van der Waals surface area contributed by atoms with Crippen LogP contribution in [-0.2, 0) is 4.74 Å². The lowest BCUT2D eigenvalue weighted by atomic mass is 10.1. The van der Waals surface area contributed by atoms with Crippen LogP contribution in [0.25, 0.3) is 0 Å². The van der Waals surface area contributed by atoms with Crippen molar-refractivity contribution in [1.82, 2.24) is 5.32 Å². The van der Waals surface area contributed by atoms with Gasteiger partial charge in [-0.05, 0) is 25.0 Å². The fourth-order valence-corrected chi connectivity index (χ4v) is 2.27. The Bertz CT molecular complexity index is 688. The quantitative estimate of drug-likeness (QED) is 0.457. The molecule has 0 saturated heterocycles. The van der Waals surface area contributed by atoms with Gasteiger partial charge in [-0.3, -0.25) is 14.9 Å². The van der Waals surface area contributed by atoms with Crippen LogP contribution in [0.4, 0.5) is 5.69 Å². The smallest absolute Gasteiger partial charge is 0.282 e. The predicted molar refractivity (Wildman–Crippen MR) is 90.9 cm³/mol. The van der Waals surface area contributed by atoms with Gasteiger partial charge in [-0.15, -0.1) is 0 Å². The molecule has 0 aliphatic heterocycles. The molecule has 0 bridgehead atoms. The lowest BCUT2D eigenvalue weighted by Gasteiger charge is -2.13. The minimum absolute atomic E-state index is 0.0166. The van der Waals surface area contributed by atoms with E-state index in [9.17, 15) is 14.9 Å². The number of ether oxygens (including phenoxy) is 1. The number of hydrogen-bond acceptors (Lipinski definition) is 4. The Kier molecular flexibility index (Phi) is 6.45. The first-order chi connectivity index (χ1) is 11.6. The van der Waals surface area contributed by atoms with E-state index < -0.39 is 10.8 Å². The van der Waals surface area contributed by atoms with Crippen molar-refractivity contribution in [2.45, 2.75) is 19.4 Å². The second-order valence-corrected chi connectivity index (χ2v) is 5.31. The molecule has 0 aliphatic carbocycles. The van der Waals surface area contributed by atoms with Gasteiger partial charge in [-0.1, -0.05) is 42.5 Å². The van der Waals surface area contributed by atoms with Crippen LogP contribution < -0.4 is 5.32 Å². The Hall–Kier alpha value is -2.73. The van der Waals surface area contributed by atoms with Crippen molar-refractivity contribution in [1.29, 1.82) is 0 Å². The van der Waals surface area contributed by atoms with Crippen LogP contribution in [0.15, 0.2) is 54.6 Å². The van der Waals surface area contributed by atoms with Gasteiger partial charge in [0.2, 0.25) is 0 Å². The molecule has 1 atom stereocenters. The van der Waals surface area contributed by atoms with Gasteiger partial charge >= 0.3 is 0 Å². The molecule has 0 radical (unpaired) electrons. The molecule has 0 spiro atoms. The summed E-state index contributed by atoms with van der Waals surface area (Å²) in [6.45, 7) is 2.86. The number of carbonyl (C=O) groups is 1. The second-order valence-electron chi connectivity index (χ2n) is 5.31. The van der Waals surface area contributed by atoms with Crippen molar-refractivity contribution >= 4 is 11.6 Å². The van der Waals surface area contributed by atoms with E-state index in [0.717, 1.165) is 5.56 Å². The minimum Gasteiger partial charge on any atom is -0.374 e. The molecule has 1 amide bonds. The van der Waals surface area contributed by atoms with Gasteiger partial charge in [-0.25, -0.2) is 0 Å². The van der Waals surface area contributed by atoms with E-state index in [0.29, 0.717) is 19.6 Å². The number of carbonyl (C=O) groups excluding carboxylic acids is 1. The van der Waals surface area contributed by atoms with Crippen LogP contribution in [0.3, 0.4) is 0 Å². The Labute approximate surface area is 140 Å². The maximum absolute atomic E-state index is 12.0. The summed E-state index contributed by atoms with van der Waals surface area (Å²) in [6, 6.07) is 15.8. The van der Waals surface area contributed by atoms with E-state index in [2.05, 4.69) is 5.32 Å². The van der Waals surface area contributed by atoms with Crippen LogP contribution in [-0.4, -0.2) is 24.0 Å². The third kappa shape index (κ3) is 4.89.